The second kappa shape index (κ2) is 3.47. The van der Waals surface area contributed by atoms with Gasteiger partial charge in [0.15, 0.2) is 0 Å². The van der Waals surface area contributed by atoms with E-state index >= 15 is 0 Å². The Kier molecular flexibility index (Phi) is 2.37. The summed E-state index contributed by atoms with van der Waals surface area (Å²) in [5.74, 6) is -0.0103. The Morgan fingerprint density at radius 3 is 1.31 bits per heavy atom. The highest BCUT2D eigenvalue weighted by Gasteiger charge is 2.40. The maximum absolute atomic E-state index is 11.8. The van der Waals surface area contributed by atoms with Crippen LogP contribution in [0.4, 0.5) is 0 Å². The van der Waals surface area contributed by atoms with E-state index in [1.54, 1.807) is 0 Å². The van der Waals surface area contributed by atoms with Gasteiger partial charge < -0.3 is 10.6 Å². The maximum atomic E-state index is 11.8. The van der Waals surface area contributed by atoms with Crippen LogP contribution in [0.15, 0.2) is 22.5 Å². The first kappa shape index (κ1) is 10.9. The first-order valence-corrected chi connectivity index (χ1v) is 5.54. The summed E-state index contributed by atoms with van der Waals surface area (Å²) >= 11 is 0. The minimum atomic E-state index is -0.152. The smallest absolute Gasteiger partial charge is 0.258 e. The first-order valence-electron chi connectivity index (χ1n) is 5.54. The molecule has 2 aliphatic heterocycles. The van der Waals surface area contributed by atoms with Crippen LogP contribution in [0, 0.1) is 11.8 Å². The molecule has 0 unspecified atom stereocenters. The highest BCUT2D eigenvalue weighted by molar-refractivity contribution is 6.19. The average Bonchev–Trinajstić information content (AvgIpc) is 2.67. The van der Waals surface area contributed by atoms with Gasteiger partial charge in [0.05, 0.1) is 11.1 Å². The molecule has 0 spiro atoms. The number of rotatable bonds is 2. The van der Waals surface area contributed by atoms with Gasteiger partial charge in [0.2, 0.25) is 0 Å². The van der Waals surface area contributed by atoms with Gasteiger partial charge in [0.25, 0.3) is 11.8 Å². The molecule has 2 heterocycles. The number of carbonyl (C=O) groups excluding carboxylic acids is 2. The molecule has 0 aromatic carbocycles. The Hall–Kier alpha value is -1.58. The summed E-state index contributed by atoms with van der Waals surface area (Å²) in [4.78, 5) is 23.7. The summed E-state index contributed by atoms with van der Waals surface area (Å²) in [5.41, 5.74) is 2.58. The standard InChI is InChI=1S/C12H16N2O2/c1-5(2)9-7-8(12(16)13-9)10(6(3)4)14-11(7)15/h5-6H,1-4H3,(H,13,16)(H,14,15). The van der Waals surface area contributed by atoms with Gasteiger partial charge in [-0.15, -0.1) is 0 Å². The molecule has 0 saturated heterocycles. The van der Waals surface area contributed by atoms with Crippen molar-refractivity contribution in [1.29, 1.82) is 0 Å². The van der Waals surface area contributed by atoms with Crippen LogP contribution in [-0.4, -0.2) is 11.8 Å². The van der Waals surface area contributed by atoms with Gasteiger partial charge in [0.1, 0.15) is 0 Å². The Morgan fingerprint density at radius 1 is 0.750 bits per heavy atom. The lowest BCUT2D eigenvalue weighted by Gasteiger charge is -2.10. The molecule has 2 amide bonds. The molecule has 2 aliphatic rings. The fourth-order valence-electron chi connectivity index (χ4n) is 2.10. The van der Waals surface area contributed by atoms with Crippen molar-refractivity contribution < 1.29 is 9.59 Å². The predicted octanol–water partition coefficient (Wildman–Crippen LogP) is 1.07. The number of carbonyl (C=O) groups is 2. The lowest BCUT2D eigenvalue weighted by Crippen LogP contribution is -2.25. The Morgan fingerprint density at radius 2 is 1.06 bits per heavy atom. The van der Waals surface area contributed by atoms with Crippen molar-refractivity contribution in [2.24, 2.45) is 11.8 Å². The second-order valence-corrected chi connectivity index (χ2v) is 4.79. The lowest BCUT2D eigenvalue weighted by molar-refractivity contribution is -0.117. The molecule has 4 nitrogen and oxygen atoms in total. The van der Waals surface area contributed by atoms with Crippen LogP contribution in [0.5, 0.6) is 0 Å². The van der Waals surface area contributed by atoms with Gasteiger partial charge in [-0.3, -0.25) is 9.59 Å². The lowest BCUT2D eigenvalue weighted by atomic mass is 10.00. The zero-order chi connectivity index (χ0) is 12.0. The van der Waals surface area contributed by atoms with E-state index in [9.17, 15) is 9.59 Å². The van der Waals surface area contributed by atoms with E-state index < -0.39 is 0 Å². The summed E-state index contributed by atoms with van der Waals surface area (Å²) in [6.45, 7) is 7.86. The summed E-state index contributed by atoms with van der Waals surface area (Å²) in [6.07, 6.45) is 0. The fourth-order valence-corrected chi connectivity index (χ4v) is 2.10. The van der Waals surface area contributed by atoms with Crippen LogP contribution >= 0.6 is 0 Å². The molecule has 0 bridgehead atoms. The van der Waals surface area contributed by atoms with Crippen LogP contribution in [-0.2, 0) is 9.59 Å². The molecule has 4 heteroatoms. The molecule has 0 atom stereocenters. The van der Waals surface area contributed by atoms with Gasteiger partial charge in [-0.25, -0.2) is 0 Å². The van der Waals surface area contributed by atoms with Crippen molar-refractivity contribution >= 4 is 11.8 Å². The van der Waals surface area contributed by atoms with Crippen LogP contribution < -0.4 is 10.6 Å². The van der Waals surface area contributed by atoms with Crippen molar-refractivity contribution in [2.45, 2.75) is 27.7 Å². The highest BCUT2D eigenvalue weighted by Crippen LogP contribution is 2.34. The molecule has 16 heavy (non-hydrogen) atoms. The van der Waals surface area contributed by atoms with E-state index in [1.165, 1.54) is 0 Å². The van der Waals surface area contributed by atoms with Gasteiger partial charge in [-0.05, 0) is 11.8 Å². The molecule has 0 aromatic rings. The summed E-state index contributed by atoms with van der Waals surface area (Å²) in [6, 6.07) is 0. The van der Waals surface area contributed by atoms with Gasteiger partial charge >= 0.3 is 0 Å². The number of hydrogen-bond donors (Lipinski definition) is 2. The molecular formula is C12H16N2O2. The summed E-state index contributed by atoms with van der Waals surface area (Å²) in [7, 11) is 0. The van der Waals surface area contributed by atoms with Crippen molar-refractivity contribution in [3.8, 4) is 0 Å². The SMILES string of the molecule is CC(C)C1=C2C(=O)NC(C(C)C)=C2C(=O)N1. The van der Waals surface area contributed by atoms with E-state index in [-0.39, 0.29) is 23.7 Å². The number of nitrogens with one attached hydrogen (secondary N) is 2. The van der Waals surface area contributed by atoms with Gasteiger partial charge in [-0.2, -0.15) is 0 Å². The van der Waals surface area contributed by atoms with Gasteiger partial charge in [-0.1, -0.05) is 27.7 Å². The molecule has 2 N–H and O–H groups in total. The monoisotopic (exact) mass is 220 g/mol. The third-order valence-electron chi connectivity index (χ3n) is 2.89. The first-order chi connectivity index (χ1) is 7.43. The Bertz CT molecular complexity index is 400. The largest absolute Gasteiger partial charge is 0.325 e. The summed E-state index contributed by atoms with van der Waals surface area (Å²) < 4.78 is 0. The molecule has 0 aromatic heterocycles. The Labute approximate surface area is 94.8 Å². The van der Waals surface area contributed by atoms with E-state index in [4.69, 9.17) is 0 Å². The van der Waals surface area contributed by atoms with E-state index in [1.807, 2.05) is 27.7 Å². The van der Waals surface area contributed by atoms with Crippen molar-refractivity contribution in [2.75, 3.05) is 0 Å². The molecule has 0 aliphatic carbocycles. The third kappa shape index (κ3) is 1.37. The highest BCUT2D eigenvalue weighted by atomic mass is 16.2. The Balaban J connectivity index is 2.59. The predicted molar refractivity (Wildman–Crippen MR) is 60.0 cm³/mol. The topological polar surface area (TPSA) is 58.2 Å². The number of fused-ring (bicyclic) bond motifs is 1. The van der Waals surface area contributed by atoms with Crippen LogP contribution in [0.2, 0.25) is 0 Å². The van der Waals surface area contributed by atoms with Crippen LogP contribution in [0.1, 0.15) is 27.7 Å². The number of allylic oxidation sites excluding steroid dienone is 2. The van der Waals surface area contributed by atoms with E-state index in [2.05, 4.69) is 10.6 Å². The minimum absolute atomic E-state index is 0.147. The maximum Gasteiger partial charge on any atom is 0.258 e. The molecule has 0 fully saturated rings. The molecular weight excluding hydrogens is 204 g/mol. The zero-order valence-corrected chi connectivity index (χ0v) is 9.97. The van der Waals surface area contributed by atoms with Crippen molar-refractivity contribution in [3.63, 3.8) is 0 Å². The van der Waals surface area contributed by atoms with Crippen molar-refractivity contribution in [3.05, 3.63) is 22.5 Å². The minimum Gasteiger partial charge on any atom is -0.325 e. The van der Waals surface area contributed by atoms with Crippen molar-refractivity contribution in [1.82, 2.24) is 10.6 Å². The van der Waals surface area contributed by atoms with Crippen LogP contribution in [0.3, 0.4) is 0 Å². The zero-order valence-electron chi connectivity index (χ0n) is 9.97. The molecule has 0 radical (unpaired) electrons. The van der Waals surface area contributed by atoms with E-state index in [0.29, 0.717) is 11.1 Å². The van der Waals surface area contributed by atoms with Gasteiger partial charge in [0, 0.05) is 11.4 Å². The van der Waals surface area contributed by atoms with E-state index in [0.717, 1.165) is 11.4 Å². The quantitative estimate of drug-likeness (QED) is 0.731. The third-order valence-corrected chi connectivity index (χ3v) is 2.89. The number of hydrogen-bond acceptors (Lipinski definition) is 2. The number of amides is 2. The fraction of sp³-hybridized carbons (Fsp3) is 0.500. The second-order valence-electron chi connectivity index (χ2n) is 4.79. The summed E-state index contributed by atoms with van der Waals surface area (Å²) in [5, 5.41) is 5.59. The molecule has 86 valence electrons. The molecule has 2 rings (SSSR count). The normalized spacial score (nSPS) is 19.9. The van der Waals surface area contributed by atoms with Crippen LogP contribution in [0.25, 0.3) is 0 Å². The average molecular weight is 220 g/mol. The molecule has 0 saturated carbocycles.